The van der Waals surface area contributed by atoms with E-state index in [2.05, 4.69) is 11.3 Å². The van der Waals surface area contributed by atoms with E-state index in [0.717, 1.165) is 19.4 Å². The molecule has 1 heterocycles. The molecule has 0 aliphatic carbocycles. The average molecular weight is 260 g/mol. The van der Waals surface area contributed by atoms with Crippen LogP contribution in [0.15, 0.2) is 24.3 Å². The third kappa shape index (κ3) is 4.67. The van der Waals surface area contributed by atoms with Crippen molar-refractivity contribution in [2.24, 2.45) is 0 Å². The number of carbonyl (C=O) groups is 1. The van der Waals surface area contributed by atoms with Crippen LogP contribution >= 0.6 is 0 Å². The van der Waals surface area contributed by atoms with Gasteiger partial charge in [0.05, 0.1) is 0 Å². The highest BCUT2D eigenvalue weighted by Gasteiger charge is 2.10. The normalized spacial score (nSPS) is 16.4. The van der Waals surface area contributed by atoms with Gasteiger partial charge in [0, 0.05) is 12.0 Å². The van der Waals surface area contributed by atoms with Crippen LogP contribution in [-0.2, 0) is 0 Å². The number of likely N-dealkylation sites (tertiary alicyclic amines) is 1. The third-order valence-electron chi connectivity index (χ3n) is 3.62. The van der Waals surface area contributed by atoms with Gasteiger partial charge in [0.2, 0.25) is 0 Å². The van der Waals surface area contributed by atoms with Gasteiger partial charge >= 0.3 is 0 Å². The van der Waals surface area contributed by atoms with Crippen LogP contribution in [0.1, 0.15) is 42.5 Å². The SMILES string of the molecule is O=C(CCCCN1CC[CH]CC1)c1ccc(O)cc1. The Bertz CT molecular complexity index is 394. The number of Topliss-reactive ketones (excluding diaryl/α,β-unsaturated/α-hetero) is 1. The van der Waals surface area contributed by atoms with Crippen LogP contribution < -0.4 is 0 Å². The lowest BCUT2D eigenvalue weighted by Gasteiger charge is -2.25. The monoisotopic (exact) mass is 260 g/mol. The van der Waals surface area contributed by atoms with Crippen molar-refractivity contribution in [3.05, 3.63) is 36.2 Å². The molecule has 1 aromatic rings. The van der Waals surface area contributed by atoms with Crippen molar-refractivity contribution in [2.75, 3.05) is 19.6 Å². The molecule has 0 aromatic heterocycles. The molecule has 1 radical (unpaired) electrons. The Morgan fingerprint density at radius 1 is 1.11 bits per heavy atom. The van der Waals surface area contributed by atoms with Crippen molar-refractivity contribution in [1.82, 2.24) is 4.90 Å². The third-order valence-corrected chi connectivity index (χ3v) is 3.62. The summed E-state index contributed by atoms with van der Waals surface area (Å²) in [6, 6.07) is 6.52. The Labute approximate surface area is 115 Å². The molecular weight excluding hydrogens is 238 g/mol. The first-order valence-electron chi connectivity index (χ1n) is 7.12. The number of ketones is 1. The number of phenolic OH excluding ortho intramolecular Hbond substituents is 1. The maximum atomic E-state index is 11.9. The van der Waals surface area contributed by atoms with E-state index in [-0.39, 0.29) is 11.5 Å². The van der Waals surface area contributed by atoms with Crippen molar-refractivity contribution in [3.8, 4) is 5.75 Å². The molecule has 1 aliphatic heterocycles. The van der Waals surface area contributed by atoms with Gasteiger partial charge in [0.15, 0.2) is 5.78 Å². The van der Waals surface area contributed by atoms with E-state index in [1.54, 1.807) is 24.3 Å². The van der Waals surface area contributed by atoms with Crippen LogP contribution in [0, 0.1) is 6.42 Å². The fraction of sp³-hybridized carbons (Fsp3) is 0.500. The number of rotatable bonds is 6. The highest BCUT2D eigenvalue weighted by Crippen LogP contribution is 2.13. The Kier molecular flexibility index (Phi) is 5.40. The topological polar surface area (TPSA) is 40.5 Å². The van der Waals surface area contributed by atoms with E-state index >= 15 is 0 Å². The van der Waals surface area contributed by atoms with E-state index in [0.29, 0.717) is 12.0 Å². The zero-order valence-corrected chi connectivity index (χ0v) is 11.3. The second kappa shape index (κ2) is 7.29. The lowest BCUT2D eigenvalue weighted by Crippen LogP contribution is -2.30. The number of carbonyl (C=O) groups excluding carboxylic acids is 1. The molecule has 19 heavy (non-hydrogen) atoms. The van der Waals surface area contributed by atoms with Crippen LogP contribution in [0.4, 0.5) is 0 Å². The van der Waals surface area contributed by atoms with E-state index in [4.69, 9.17) is 0 Å². The van der Waals surface area contributed by atoms with Gasteiger partial charge in [-0.3, -0.25) is 4.79 Å². The van der Waals surface area contributed by atoms with Crippen molar-refractivity contribution >= 4 is 5.78 Å². The molecule has 1 N–H and O–H groups in total. The number of benzene rings is 1. The van der Waals surface area contributed by atoms with E-state index in [1.807, 2.05) is 0 Å². The summed E-state index contributed by atoms with van der Waals surface area (Å²) < 4.78 is 0. The first kappa shape index (κ1) is 14.1. The van der Waals surface area contributed by atoms with Crippen molar-refractivity contribution in [2.45, 2.75) is 32.1 Å². The first-order valence-corrected chi connectivity index (χ1v) is 7.12. The summed E-state index contributed by atoms with van der Waals surface area (Å²) in [5, 5.41) is 9.18. The molecule has 1 aromatic carbocycles. The number of unbranched alkanes of at least 4 members (excludes halogenated alkanes) is 1. The number of nitrogens with zero attached hydrogens (tertiary/aromatic N) is 1. The summed E-state index contributed by atoms with van der Waals surface area (Å²) in [4.78, 5) is 14.4. The fourth-order valence-electron chi connectivity index (χ4n) is 2.44. The summed E-state index contributed by atoms with van der Waals surface area (Å²) in [6.45, 7) is 3.45. The molecule has 0 atom stereocenters. The number of phenols is 1. The minimum Gasteiger partial charge on any atom is -0.508 e. The van der Waals surface area contributed by atoms with Gasteiger partial charge in [0.1, 0.15) is 5.75 Å². The predicted octanol–water partition coefficient (Wildman–Crippen LogP) is 3.05. The van der Waals surface area contributed by atoms with Gasteiger partial charge in [-0.05, 0) is 76.0 Å². The van der Waals surface area contributed by atoms with Gasteiger partial charge in [-0.15, -0.1) is 0 Å². The molecule has 103 valence electrons. The summed E-state index contributed by atoms with van der Waals surface area (Å²) in [5.41, 5.74) is 0.699. The van der Waals surface area contributed by atoms with E-state index in [9.17, 15) is 9.90 Å². The molecule has 1 fully saturated rings. The Hall–Kier alpha value is -1.35. The molecule has 2 rings (SSSR count). The van der Waals surface area contributed by atoms with Crippen molar-refractivity contribution in [1.29, 1.82) is 0 Å². The molecule has 0 saturated carbocycles. The van der Waals surface area contributed by atoms with Crippen LogP contribution in [0.2, 0.25) is 0 Å². The zero-order chi connectivity index (χ0) is 13.5. The van der Waals surface area contributed by atoms with Gasteiger partial charge in [-0.1, -0.05) is 0 Å². The number of hydrogen-bond donors (Lipinski definition) is 1. The van der Waals surface area contributed by atoms with Crippen LogP contribution in [0.5, 0.6) is 5.75 Å². The lowest BCUT2D eigenvalue weighted by molar-refractivity contribution is 0.0977. The first-order chi connectivity index (χ1) is 9.25. The molecular formula is C16H22NO2. The lowest BCUT2D eigenvalue weighted by atomic mass is 10.0. The fourth-order valence-corrected chi connectivity index (χ4v) is 2.44. The maximum Gasteiger partial charge on any atom is 0.162 e. The number of aromatic hydroxyl groups is 1. The second-order valence-corrected chi connectivity index (χ2v) is 5.13. The van der Waals surface area contributed by atoms with Crippen molar-refractivity contribution in [3.63, 3.8) is 0 Å². The molecule has 0 amide bonds. The number of piperidine rings is 1. The van der Waals surface area contributed by atoms with Gasteiger partial charge < -0.3 is 10.0 Å². The van der Waals surface area contributed by atoms with Crippen LogP contribution in [0.3, 0.4) is 0 Å². The number of hydrogen-bond acceptors (Lipinski definition) is 3. The summed E-state index contributed by atoms with van der Waals surface area (Å²) in [6.07, 6.45) is 7.39. The predicted molar refractivity (Wildman–Crippen MR) is 76.3 cm³/mol. The smallest absolute Gasteiger partial charge is 0.162 e. The highest BCUT2D eigenvalue weighted by molar-refractivity contribution is 5.96. The van der Waals surface area contributed by atoms with Crippen LogP contribution in [0.25, 0.3) is 0 Å². The molecule has 1 aliphatic rings. The largest absolute Gasteiger partial charge is 0.508 e. The molecule has 1 saturated heterocycles. The molecule has 0 bridgehead atoms. The Morgan fingerprint density at radius 2 is 1.79 bits per heavy atom. The van der Waals surface area contributed by atoms with Gasteiger partial charge in [-0.2, -0.15) is 0 Å². The van der Waals surface area contributed by atoms with Crippen LogP contribution in [-0.4, -0.2) is 35.4 Å². The summed E-state index contributed by atoms with van der Waals surface area (Å²) in [5.74, 6) is 0.380. The molecule has 0 spiro atoms. The standard InChI is InChI=1S/C16H22NO2/c18-15-9-7-14(8-10-15)16(19)6-2-5-13-17-11-3-1-4-12-17/h1,7-10,18H,2-6,11-13H2. The highest BCUT2D eigenvalue weighted by atomic mass is 16.3. The molecule has 3 nitrogen and oxygen atoms in total. The second-order valence-electron chi connectivity index (χ2n) is 5.13. The summed E-state index contributed by atoms with van der Waals surface area (Å²) in [7, 11) is 0. The van der Waals surface area contributed by atoms with Crippen molar-refractivity contribution < 1.29 is 9.90 Å². The maximum absolute atomic E-state index is 11.9. The molecule has 0 unspecified atom stereocenters. The van der Waals surface area contributed by atoms with Gasteiger partial charge in [0.25, 0.3) is 0 Å². The zero-order valence-electron chi connectivity index (χ0n) is 11.3. The minimum atomic E-state index is 0.173. The quantitative estimate of drug-likeness (QED) is 0.631. The summed E-state index contributed by atoms with van der Waals surface area (Å²) >= 11 is 0. The Balaban J connectivity index is 1.64. The Morgan fingerprint density at radius 3 is 2.47 bits per heavy atom. The van der Waals surface area contributed by atoms with E-state index < -0.39 is 0 Å². The van der Waals surface area contributed by atoms with Gasteiger partial charge in [-0.25, -0.2) is 0 Å². The average Bonchev–Trinajstić information content (AvgIpc) is 2.45. The minimum absolute atomic E-state index is 0.173. The molecule has 3 heteroatoms. The van der Waals surface area contributed by atoms with E-state index in [1.165, 1.54) is 25.9 Å².